The van der Waals surface area contributed by atoms with Crippen LogP contribution in [0.3, 0.4) is 0 Å². The summed E-state index contributed by atoms with van der Waals surface area (Å²) >= 11 is 14.4. The van der Waals surface area contributed by atoms with Gasteiger partial charge in [-0.05, 0) is 35.2 Å². The van der Waals surface area contributed by atoms with Crippen molar-refractivity contribution in [1.82, 2.24) is 10.1 Å². The fourth-order valence-electron chi connectivity index (χ4n) is 3.52. The van der Waals surface area contributed by atoms with Gasteiger partial charge in [0.2, 0.25) is 11.1 Å². The highest BCUT2D eigenvalue weighted by molar-refractivity contribution is 7.98. The van der Waals surface area contributed by atoms with Crippen molar-refractivity contribution >= 4 is 46.6 Å². The summed E-state index contributed by atoms with van der Waals surface area (Å²) < 4.78 is 1.55. The predicted molar refractivity (Wildman–Crippen MR) is 115 cm³/mol. The number of halogens is 2. The maximum Gasteiger partial charge on any atom is 0.325 e. The maximum absolute atomic E-state index is 13.1. The Hall–Kier alpha value is -2.35. The molecule has 1 aromatic heterocycles. The van der Waals surface area contributed by atoms with Gasteiger partial charge >= 0.3 is 11.3 Å². The van der Waals surface area contributed by atoms with Crippen molar-refractivity contribution in [2.24, 2.45) is 0 Å². The number of fused-ring (bicyclic) bond motifs is 3. The summed E-state index contributed by atoms with van der Waals surface area (Å²) in [6.45, 7) is 1.79. The number of carbonyl (C=O) groups is 1. The van der Waals surface area contributed by atoms with Crippen molar-refractivity contribution in [2.45, 2.75) is 24.7 Å². The third-order valence-corrected chi connectivity index (χ3v) is 6.01. The van der Waals surface area contributed by atoms with Crippen molar-refractivity contribution in [3.63, 3.8) is 0 Å². The van der Waals surface area contributed by atoms with Crippen LogP contribution in [0.25, 0.3) is 11.3 Å². The second-order valence-electron chi connectivity index (χ2n) is 6.40. The lowest BCUT2D eigenvalue weighted by atomic mass is 10.0. The Morgan fingerprint density at radius 1 is 1.21 bits per heavy atom. The smallest absolute Gasteiger partial charge is 0.291 e. The van der Waals surface area contributed by atoms with Gasteiger partial charge in [0.05, 0.1) is 26.9 Å². The van der Waals surface area contributed by atoms with E-state index in [1.165, 1.54) is 11.8 Å². The molecule has 1 atom stereocenters. The Morgan fingerprint density at radius 2 is 1.90 bits per heavy atom. The first-order chi connectivity index (χ1) is 14.0. The van der Waals surface area contributed by atoms with E-state index < -0.39 is 6.17 Å². The van der Waals surface area contributed by atoms with Gasteiger partial charge in [-0.3, -0.25) is 14.6 Å². The van der Waals surface area contributed by atoms with E-state index in [2.05, 4.69) is 10.1 Å². The zero-order valence-electron chi connectivity index (χ0n) is 15.6. The van der Waals surface area contributed by atoms with Gasteiger partial charge in [-0.25, -0.2) is 4.90 Å². The van der Waals surface area contributed by atoms with E-state index in [-0.39, 0.29) is 17.9 Å². The first-order valence-corrected chi connectivity index (χ1v) is 10.9. The molecule has 9 heteroatoms. The van der Waals surface area contributed by atoms with Crippen LogP contribution in [0.4, 0.5) is 5.69 Å². The normalized spacial score (nSPS) is 15.0. The third kappa shape index (κ3) is 3.23. The number of aromatic amines is 1. The molecule has 6 nitrogen and oxygen atoms in total. The maximum atomic E-state index is 13.1. The van der Waals surface area contributed by atoms with Gasteiger partial charge in [0.1, 0.15) is 0 Å². The Balaban J connectivity index is 2.15. The first-order valence-electron chi connectivity index (χ1n) is 8.93. The lowest BCUT2D eigenvalue weighted by Crippen LogP contribution is -2.61. The fourth-order valence-corrected chi connectivity index (χ4v) is 4.48. The van der Waals surface area contributed by atoms with Crippen LogP contribution < -0.4 is 15.1 Å². The molecule has 1 amide bonds. The molecule has 3 aromatic rings. The average Bonchev–Trinajstić information content (AvgIpc) is 2.72. The number of hydrogen-bond acceptors (Lipinski definition) is 4. The van der Waals surface area contributed by atoms with Crippen LogP contribution in [-0.2, 0) is 4.79 Å². The number of hydrogen-bond donors (Lipinski definition) is 1. The number of H-pyrrole nitrogens is 1. The summed E-state index contributed by atoms with van der Waals surface area (Å²) in [5, 5.41) is 5.82. The van der Waals surface area contributed by atoms with Gasteiger partial charge in [0.25, 0.3) is 6.17 Å². The summed E-state index contributed by atoms with van der Waals surface area (Å²) in [6.07, 6.45) is 1.29. The molecule has 1 aliphatic rings. The van der Waals surface area contributed by atoms with Crippen LogP contribution in [0.5, 0.6) is 0 Å². The van der Waals surface area contributed by atoms with E-state index in [0.29, 0.717) is 37.7 Å². The highest BCUT2D eigenvalue weighted by Crippen LogP contribution is 2.41. The highest BCUT2D eigenvalue weighted by Gasteiger charge is 2.46. The summed E-state index contributed by atoms with van der Waals surface area (Å²) in [4.78, 5) is 30.5. The molecule has 0 saturated heterocycles. The summed E-state index contributed by atoms with van der Waals surface area (Å²) in [5.41, 5.74) is 1.80. The third-order valence-electron chi connectivity index (χ3n) is 4.78. The molecule has 0 saturated carbocycles. The van der Waals surface area contributed by atoms with Gasteiger partial charge in [-0.2, -0.15) is 0 Å². The monoisotopic (exact) mass is 447 g/mol. The zero-order valence-corrected chi connectivity index (χ0v) is 18.0. The summed E-state index contributed by atoms with van der Waals surface area (Å²) in [5.74, 6) is -0.135. The minimum absolute atomic E-state index is 0.135. The van der Waals surface area contributed by atoms with E-state index in [0.717, 1.165) is 0 Å². The SMILES string of the molecule is CCC(=O)N1c2ccccc2-c2c(=O)[nH]c(SC)n[n+]2[C@H]1c1c(Cl)cccc1Cl. The van der Waals surface area contributed by atoms with Crippen LogP contribution in [0.2, 0.25) is 10.0 Å². The van der Waals surface area contributed by atoms with E-state index in [4.69, 9.17) is 23.2 Å². The van der Waals surface area contributed by atoms with Crippen molar-refractivity contribution < 1.29 is 9.48 Å². The van der Waals surface area contributed by atoms with Gasteiger partial charge in [0, 0.05) is 11.5 Å². The highest BCUT2D eigenvalue weighted by atomic mass is 35.5. The van der Waals surface area contributed by atoms with E-state index >= 15 is 0 Å². The van der Waals surface area contributed by atoms with Crippen molar-refractivity contribution in [3.05, 3.63) is 68.4 Å². The number of thioether (sulfide) groups is 1. The number of para-hydroxylation sites is 1. The topological polar surface area (TPSA) is 69.9 Å². The number of carbonyl (C=O) groups excluding carboxylic acids is 1. The van der Waals surface area contributed by atoms with Gasteiger partial charge in [0.15, 0.2) is 0 Å². The Bertz CT molecular complexity index is 1160. The molecular formula is C20H17Cl2N4O2S+. The van der Waals surface area contributed by atoms with Crippen molar-refractivity contribution in [1.29, 1.82) is 0 Å². The molecule has 0 radical (unpaired) electrons. The number of nitrogens with zero attached hydrogens (tertiary/aromatic N) is 3. The average molecular weight is 448 g/mol. The van der Waals surface area contributed by atoms with Crippen molar-refractivity contribution in [2.75, 3.05) is 11.2 Å². The summed E-state index contributed by atoms with van der Waals surface area (Å²) in [6, 6.07) is 12.4. The molecule has 0 bridgehead atoms. The quantitative estimate of drug-likeness (QED) is 0.485. The predicted octanol–water partition coefficient (Wildman–Crippen LogP) is 4.06. The second kappa shape index (κ2) is 7.82. The largest absolute Gasteiger partial charge is 0.325 e. The molecular weight excluding hydrogens is 431 g/mol. The second-order valence-corrected chi connectivity index (χ2v) is 8.01. The van der Waals surface area contributed by atoms with E-state index in [1.807, 2.05) is 24.5 Å². The molecule has 0 aliphatic carbocycles. The molecule has 0 spiro atoms. The number of benzene rings is 2. The van der Waals surface area contributed by atoms with Crippen LogP contribution in [0.1, 0.15) is 25.1 Å². The standard InChI is InChI=1S/C20H16Cl2N4O2S/c1-3-15(27)25-14-10-5-4-7-11(14)17-18(28)23-20(29-2)24-26(17)19(25)16-12(21)8-6-9-13(16)22/h4-10,19H,3H2,1-2H3/p+1/t19-/m0/s1. The molecule has 148 valence electrons. The fraction of sp³-hybridized carbons (Fsp3) is 0.200. The first kappa shape index (κ1) is 19.9. The molecule has 0 fully saturated rings. The molecule has 1 aliphatic heterocycles. The zero-order chi connectivity index (χ0) is 20.7. The summed E-state index contributed by atoms with van der Waals surface area (Å²) in [7, 11) is 0. The Kier molecular flexibility index (Phi) is 5.38. The van der Waals surface area contributed by atoms with E-state index in [1.54, 1.807) is 40.8 Å². The van der Waals surface area contributed by atoms with Crippen LogP contribution in [0, 0.1) is 0 Å². The van der Waals surface area contributed by atoms with Crippen molar-refractivity contribution in [3.8, 4) is 11.3 Å². The van der Waals surface area contributed by atoms with Crippen LogP contribution in [-0.4, -0.2) is 22.2 Å². The van der Waals surface area contributed by atoms with E-state index in [9.17, 15) is 9.59 Å². The number of anilines is 1. The molecule has 29 heavy (non-hydrogen) atoms. The van der Waals surface area contributed by atoms with Gasteiger partial charge < -0.3 is 0 Å². The Morgan fingerprint density at radius 3 is 2.55 bits per heavy atom. The number of nitrogens with one attached hydrogen (secondary N) is 1. The number of amides is 1. The van der Waals surface area contributed by atoms with Gasteiger partial charge in [-0.15, -0.1) is 0 Å². The molecule has 4 rings (SSSR count). The van der Waals surface area contributed by atoms with Crippen LogP contribution >= 0.6 is 35.0 Å². The molecule has 2 heterocycles. The number of rotatable bonds is 3. The van der Waals surface area contributed by atoms with Crippen LogP contribution in [0.15, 0.2) is 52.4 Å². The minimum atomic E-state index is -0.790. The number of aromatic nitrogens is 3. The van der Waals surface area contributed by atoms with Gasteiger partial charge in [-0.1, -0.05) is 60.1 Å². The molecule has 1 N–H and O–H groups in total. The molecule has 2 aromatic carbocycles. The lowest BCUT2D eigenvalue weighted by molar-refractivity contribution is -0.763. The Labute approximate surface area is 181 Å². The lowest BCUT2D eigenvalue weighted by Gasteiger charge is -2.32. The minimum Gasteiger partial charge on any atom is -0.291 e. The molecule has 0 unspecified atom stereocenters.